The number of aliphatic hydroxyl groups is 1. The number of ether oxygens (including phenoxy) is 1. The van der Waals surface area contributed by atoms with Gasteiger partial charge in [0.1, 0.15) is 23.9 Å². The molecule has 9 nitrogen and oxygen atoms in total. The minimum Gasteiger partial charge on any atom is -0.487 e. The Bertz CT molecular complexity index is 1190. The highest BCUT2D eigenvalue weighted by atomic mass is 35.5. The monoisotopic (exact) mass is 471 g/mol. The largest absolute Gasteiger partial charge is 0.487 e. The van der Waals surface area contributed by atoms with Crippen LogP contribution >= 0.6 is 11.6 Å². The predicted molar refractivity (Wildman–Crippen MR) is 126 cm³/mol. The van der Waals surface area contributed by atoms with Crippen LogP contribution < -0.4 is 21.2 Å². The highest BCUT2D eigenvalue weighted by molar-refractivity contribution is 6.30. The number of aromatic amines is 1. The molecule has 4 heterocycles. The van der Waals surface area contributed by atoms with Crippen molar-refractivity contribution in [3.63, 3.8) is 0 Å². The molecule has 0 saturated carbocycles. The average molecular weight is 472 g/mol. The van der Waals surface area contributed by atoms with Gasteiger partial charge in [0, 0.05) is 37.6 Å². The molecule has 174 valence electrons. The summed E-state index contributed by atoms with van der Waals surface area (Å²) < 4.78 is 6.89. The van der Waals surface area contributed by atoms with Gasteiger partial charge in [-0.1, -0.05) is 11.6 Å². The average Bonchev–Trinajstić information content (AvgIpc) is 3.27. The number of H-pyrrole nitrogens is 1. The van der Waals surface area contributed by atoms with E-state index in [1.165, 1.54) is 23.0 Å². The molecule has 1 aliphatic heterocycles. The van der Waals surface area contributed by atoms with Crippen LogP contribution in [0.3, 0.4) is 0 Å². The van der Waals surface area contributed by atoms with Crippen molar-refractivity contribution in [1.82, 2.24) is 19.4 Å². The lowest BCUT2D eigenvalue weighted by Crippen LogP contribution is -2.36. The minimum atomic E-state index is -0.383. The fraction of sp³-hybridized carbons (Fsp3) is 0.348. The van der Waals surface area contributed by atoms with Gasteiger partial charge in [0.05, 0.1) is 17.3 Å². The van der Waals surface area contributed by atoms with Crippen LogP contribution in [-0.2, 0) is 6.61 Å². The molecular formula is C23H26ClN5O4. The van der Waals surface area contributed by atoms with Gasteiger partial charge < -0.3 is 20.1 Å². The first-order valence-corrected chi connectivity index (χ1v) is 11.2. The summed E-state index contributed by atoms with van der Waals surface area (Å²) in [5.41, 5.74) is 0.137. The maximum Gasteiger partial charge on any atom is 0.273 e. The van der Waals surface area contributed by atoms with Crippen molar-refractivity contribution < 1.29 is 9.84 Å². The third-order valence-corrected chi connectivity index (χ3v) is 5.86. The molecule has 0 spiro atoms. The minimum absolute atomic E-state index is 0.169. The molecule has 3 N–H and O–H groups in total. The quantitative estimate of drug-likeness (QED) is 0.437. The van der Waals surface area contributed by atoms with Gasteiger partial charge in [0.2, 0.25) is 0 Å². The summed E-state index contributed by atoms with van der Waals surface area (Å²) in [6.45, 7) is 2.75. The first kappa shape index (κ1) is 23.0. The molecule has 0 unspecified atom stereocenters. The van der Waals surface area contributed by atoms with Crippen molar-refractivity contribution in [2.75, 3.05) is 31.6 Å². The summed E-state index contributed by atoms with van der Waals surface area (Å²) in [5, 5.41) is 13.1. The zero-order valence-electron chi connectivity index (χ0n) is 18.0. The summed E-state index contributed by atoms with van der Waals surface area (Å²) in [5.74, 6) is 0.956. The summed E-state index contributed by atoms with van der Waals surface area (Å²) >= 11 is 5.82. The first-order chi connectivity index (χ1) is 16.0. The molecular weight excluding hydrogens is 446 g/mol. The van der Waals surface area contributed by atoms with Gasteiger partial charge in [-0.2, -0.15) is 0 Å². The van der Waals surface area contributed by atoms with Gasteiger partial charge in [-0.15, -0.1) is 0 Å². The topological polar surface area (TPSA) is 112 Å². The van der Waals surface area contributed by atoms with Crippen LogP contribution in [0.1, 0.15) is 18.5 Å². The fourth-order valence-electron chi connectivity index (χ4n) is 3.89. The number of pyridine rings is 3. The molecule has 0 aromatic carbocycles. The zero-order valence-corrected chi connectivity index (χ0v) is 18.8. The Morgan fingerprint density at radius 3 is 2.85 bits per heavy atom. The van der Waals surface area contributed by atoms with E-state index in [1.807, 2.05) is 0 Å². The van der Waals surface area contributed by atoms with Crippen LogP contribution in [0.15, 0.2) is 58.4 Å². The molecule has 0 radical (unpaired) electrons. The van der Waals surface area contributed by atoms with Gasteiger partial charge in [-0.25, -0.2) is 0 Å². The number of hydrogen-bond acceptors (Lipinski definition) is 7. The van der Waals surface area contributed by atoms with E-state index in [-0.39, 0.29) is 36.1 Å². The molecule has 3 aromatic heterocycles. The lowest BCUT2D eigenvalue weighted by Gasteiger charge is -2.22. The molecule has 4 rings (SSSR count). The van der Waals surface area contributed by atoms with E-state index in [2.05, 4.69) is 20.2 Å². The number of hydrogen-bond donors (Lipinski definition) is 3. The van der Waals surface area contributed by atoms with Crippen LogP contribution in [-0.4, -0.2) is 56.8 Å². The van der Waals surface area contributed by atoms with Gasteiger partial charge in [-0.3, -0.25) is 24.0 Å². The number of anilines is 1. The highest BCUT2D eigenvalue weighted by Gasteiger charge is 2.22. The van der Waals surface area contributed by atoms with Crippen LogP contribution in [0.5, 0.6) is 5.75 Å². The van der Waals surface area contributed by atoms with E-state index < -0.39 is 0 Å². The van der Waals surface area contributed by atoms with Crippen LogP contribution in [0.2, 0.25) is 5.02 Å². The molecule has 33 heavy (non-hydrogen) atoms. The molecule has 1 fully saturated rings. The van der Waals surface area contributed by atoms with E-state index in [0.717, 1.165) is 25.9 Å². The van der Waals surface area contributed by atoms with Crippen molar-refractivity contribution in [3.8, 4) is 11.4 Å². The molecule has 1 atom stereocenters. The molecule has 10 heteroatoms. The number of halogens is 1. The zero-order chi connectivity index (χ0) is 23.2. The second-order valence-electron chi connectivity index (χ2n) is 7.85. The molecule has 1 saturated heterocycles. The third-order valence-electron chi connectivity index (χ3n) is 5.64. The number of likely N-dealkylation sites (tertiary alicyclic amines) is 1. The Morgan fingerprint density at radius 2 is 2.12 bits per heavy atom. The summed E-state index contributed by atoms with van der Waals surface area (Å²) in [7, 11) is 0. The van der Waals surface area contributed by atoms with Crippen molar-refractivity contribution in [2.45, 2.75) is 25.5 Å². The highest BCUT2D eigenvalue weighted by Crippen LogP contribution is 2.16. The SMILES string of the molecule is O=c1[nH]c(NCCN2CCC[C@@H]2CO)ccc1-n1ccc(OCc2ccc(Cl)cn2)cc1=O. The Balaban J connectivity index is 1.37. The lowest BCUT2D eigenvalue weighted by molar-refractivity contribution is 0.163. The van der Waals surface area contributed by atoms with Gasteiger partial charge in [0.15, 0.2) is 0 Å². The van der Waals surface area contributed by atoms with Crippen LogP contribution in [0.25, 0.3) is 5.69 Å². The summed E-state index contributed by atoms with van der Waals surface area (Å²) in [6.07, 6.45) is 5.14. The summed E-state index contributed by atoms with van der Waals surface area (Å²) in [4.78, 5) is 34.3. The number of aliphatic hydroxyl groups excluding tert-OH is 1. The lowest BCUT2D eigenvalue weighted by atomic mass is 10.2. The Morgan fingerprint density at radius 1 is 1.24 bits per heavy atom. The van der Waals surface area contributed by atoms with Crippen molar-refractivity contribution in [2.24, 2.45) is 0 Å². The van der Waals surface area contributed by atoms with E-state index in [0.29, 0.717) is 28.8 Å². The van der Waals surface area contributed by atoms with E-state index in [4.69, 9.17) is 16.3 Å². The Hall–Kier alpha value is -3.14. The predicted octanol–water partition coefficient (Wildman–Crippen LogP) is 2.02. The van der Waals surface area contributed by atoms with E-state index in [9.17, 15) is 14.7 Å². The number of aromatic nitrogens is 3. The number of rotatable bonds is 9. The Labute approximate surface area is 195 Å². The van der Waals surface area contributed by atoms with Crippen molar-refractivity contribution in [1.29, 1.82) is 0 Å². The van der Waals surface area contributed by atoms with Crippen LogP contribution in [0, 0.1) is 0 Å². The first-order valence-electron chi connectivity index (χ1n) is 10.8. The van der Waals surface area contributed by atoms with E-state index >= 15 is 0 Å². The van der Waals surface area contributed by atoms with Gasteiger partial charge >= 0.3 is 0 Å². The van der Waals surface area contributed by atoms with Crippen molar-refractivity contribution in [3.05, 3.63) is 80.2 Å². The standard InChI is InChI=1S/C23H26ClN5O4/c24-16-3-4-17(26-13-16)15-33-19-7-10-29(22(31)12-19)20-5-6-21(27-23(20)32)25-8-11-28-9-1-2-18(28)14-30/h3-7,10,12-13,18,30H,1-2,8-9,11,14-15H2,(H2,25,27,32)/t18-/m1/s1. The second kappa shape index (κ2) is 10.7. The fourth-order valence-corrected chi connectivity index (χ4v) is 4.00. The smallest absolute Gasteiger partial charge is 0.273 e. The second-order valence-corrected chi connectivity index (χ2v) is 8.29. The normalized spacial score (nSPS) is 16.1. The van der Waals surface area contributed by atoms with E-state index in [1.54, 1.807) is 30.3 Å². The number of nitrogens with zero attached hydrogens (tertiary/aromatic N) is 3. The third kappa shape index (κ3) is 5.81. The molecule has 0 aliphatic carbocycles. The van der Waals surface area contributed by atoms with Gasteiger partial charge in [0.25, 0.3) is 11.1 Å². The van der Waals surface area contributed by atoms with Gasteiger partial charge in [-0.05, 0) is 49.7 Å². The molecule has 0 bridgehead atoms. The van der Waals surface area contributed by atoms with Crippen LogP contribution in [0.4, 0.5) is 5.82 Å². The number of nitrogens with one attached hydrogen (secondary N) is 2. The van der Waals surface area contributed by atoms with Crippen molar-refractivity contribution >= 4 is 17.4 Å². The molecule has 1 aliphatic rings. The maximum absolute atomic E-state index is 12.6. The molecule has 3 aromatic rings. The summed E-state index contributed by atoms with van der Waals surface area (Å²) in [6, 6.07) is 9.96. The molecule has 0 amide bonds. The maximum atomic E-state index is 12.6. The Kier molecular flexibility index (Phi) is 7.43.